The molecule has 96 valence electrons. The van der Waals surface area contributed by atoms with E-state index in [9.17, 15) is 14.0 Å². The molecule has 0 radical (unpaired) electrons. The first-order valence-corrected chi connectivity index (χ1v) is 6.38. The van der Waals surface area contributed by atoms with Crippen molar-refractivity contribution in [1.29, 1.82) is 0 Å². The van der Waals surface area contributed by atoms with Crippen LogP contribution in [0.15, 0.2) is 22.7 Å². The van der Waals surface area contributed by atoms with Gasteiger partial charge in [-0.1, -0.05) is 0 Å². The van der Waals surface area contributed by atoms with E-state index in [0.29, 0.717) is 24.0 Å². The monoisotopic (exact) mass is 314 g/mol. The average Bonchev–Trinajstić information content (AvgIpc) is 2.56. The summed E-state index contributed by atoms with van der Waals surface area (Å²) >= 11 is 3.03. The molecule has 4 nitrogen and oxygen atoms in total. The second-order valence-corrected chi connectivity index (χ2v) is 4.91. The van der Waals surface area contributed by atoms with E-state index in [-0.39, 0.29) is 23.9 Å². The molecule has 0 spiro atoms. The van der Waals surface area contributed by atoms with Crippen LogP contribution < -0.4 is 5.32 Å². The second kappa shape index (κ2) is 5.48. The SMILES string of the molecule is O=C1CN(C(=O)c2ccc(Br)c(F)c2)CCCN1. The Morgan fingerprint density at radius 2 is 2.22 bits per heavy atom. The van der Waals surface area contributed by atoms with E-state index in [0.717, 1.165) is 0 Å². The zero-order valence-electron chi connectivity index (χ0n) is 9.58. The summed E-state index contributed by atoms with van der Waals surface area (Å²) in [5.74, 6) is -0.989. The van der Waals surface area contributed by atoms with Gasteiger partial charge in [0.25, 0.3) is 5.91 Å². The van der Waals surface area contributed by atoms with Crippen LogP contribution in [0.2, 0.25) is 0 Å². The Morgan fingerprint density at radius 1 is 1.44 bits per heavy atom. The van der Waals surface area contributed by atoms with Gasteiger partial charge in [-0.3, -0.25) is 9.59 Å². The Hall–Kier alpha value is -1.43. The van der Waals surface area contributed by atoms with Crippen LogP contribution >= 0.6 is 15.9 Å². The number of amides is 2. The minimum absolute atomic E-state index is 0.0243. The summed E-state index contributed by atoms with van der Waals surface area (Å²) < 4.78 is 13.7. The fourth-order valence-electron chi connectivity index (χ4n) is 1.79. The van der Waals surface area contributed by atoms with Gasteiger partial charge in [-0.15, -0.1) is 0 Å². The predicted molar refractivity (Wildman–Crippen MR) is 67.6 cm³/mol. The Kier molecular flexibility index (Phi) is 3.96. The molecule has 1 aliphatic heterocycles. The Labute approximate surface area is 112 Å². The van der Waals surface area contributed by atoms with Crippen LogP contribution in [0.25, 0.3) is 0 Å². The molecule has 0 saturated carbocycles. The highest BCUT2D eigenvalue weighted by molar-refractivity contribution is 9.10. The van der Waals surface area contributed by atoms with Crippen LogP contribution in [-0.2, 0) is 4.79 Å². The fourth-order valence-corrected chi connectivity index (χ4v) is 2.04. The number of hydrogen-bond donors (Lipinski definition) is 1. The molecule has 1 fully saturated rings. The maximum absolute atomic E-state index is 13.4. The number of rotatable bonds is 1. The molecule has 0 bridgehead atoms. The third kappa shape index (κ3) is 2.87. The van der Waals surface area contributed by atoms with Crippen molar-refractivity contribution >= 4 is 27.7 Å². The molecule has 1 aliphatic rings. The summed E-state index contributed by atoms with van der Waals surface area (Å²) in [5.41, 5.74) is 0.255. The number of nitrogens with one attached hydrogen (secondary N) is 1. The predicted octanol–water partition coefficient (Wildman–Crippen LogP) is 1.55. The summed E-state index contributed by atoms with van der Waals surface area (Å²) in [6.07, 6.45) is 0.705. The molecule has 18 heavy (non-hydrogen) atoms. The number of nitrogens with zero attached hydrogens (tertiary/aromatic N) is 1. The van der Waals surface area contributed by atoms with Gasteiger partial charge in [0, 0.05) is 18.7 Å². The normalized spacial score (nSPS) is 16.1. The smallest absolute Gasteiger partial charge is 0.254 e. The first kappa shape index (κ1) is 13.0. The van der Waals surface area contributed by atoms with Gasteiger partial charge in [0.05, 0.1) is 11.0 Å². The molecule has 1 heterocycles. The van der Waals surface area contributed by atoms with Gasteiger partial charge >= 0.3 is 0 Å². The topological polar surface area (TPSA) is 49.4 Å². The van der Waals surface area contributed by atoms with Crippen molar-refractivity contribution in [2.45, 2.75) is 6.42 Å². The van der Waals surface area contributed by atoms with Gasteiger partial charge in [0.15, 0.2) is 0 Å². The highest BCUT2D eigenvalue weighted by Crippen LogP contribution is 2.17. The van der Waals surface area contributed by atoms with Crippen LogP contribution in [0.1, 0.15) is 16.8 Å². The Morgan fingerprint density at radius 3 is 2.94 bits per heavy atom. The molecule has 6 heteroatoms. The van der Waals surface area contributed by atoms with Crippen molar-refractivity contribution in [3.63, 3.8) is 0 Å². The van der Waals surface area contributed by atoms with E-state index in [1.807, 2.05) is 0 Å². The molecule has 0 aromatic heterocycles. The van der Waals surface area contributed by atoms with Crippen LogP contribution in [0.5, 0.6) is 0 Å². The van der Waals surface area contributed by atoms with Crippen molar-refractivity contribution in [3.05, 3.63) is 34.1 Å². The van der Waals surface area contributed by atoms with Crippen LogP contribution in [0.3, 0.4) is 0 Å². The molecular formula is C12H12BrFN2O2. The van der Waals surface area contributed by atoms with Gasteiger partial charge in [-0.25, -0.2) is 4.39 Å². The summed E-state index contributed by atoms with van der Waals surface area (Å²) in [5, 5.41) is 2.69. The van der Waals surface area contributed by atoms with Gasteiger partial charge in [0.1, 0.15) is 5.82 Å². The molecule has 0 aliphatic carbocycles. The summed E-state index contributed by atoms with van der Waals surface area (Å²) in [6.45, 7) is 1.09. The number of benzene rings is 1. The van der Waals surface area contributed by atoms with E-state index in [4.69, 9.17) is 0 Å². The van der Waals surface area contributed by atoms with E-state index >= 15 is 0 Å². The largest absolute Gasteiger partial charge is 0.354 e. The highest BCUT2D eigenvalue weighted by Gasteiger charge is 2.21. The Balaban J connectivity index is 2.19. The second-order valence-electron chi connectivity index (χ2n) is 4.06. The van der Waals surface area contributed by atoms with Crippen molar-refractivity contribution in [3.8, 4) is 0 Å². The van der Waals surface area contributed by atoms with Crippen LogP contribution in [-0.4, -0.2) is 36.3 Å². The van der Waals surface area contributed by atoms with Crippen molar-refractivity contribution < 1.29 is 14.0 Å². The van der Waals surface area contributed by atoms with E-state index in [1.54, 1.807) is 0 Å². The standard InChI is InChI=1S/C12H12BrFN2O2/c13-9-3-2-8(6-10(9)14)12(18)16-5-1-4-15-11(17)7-16/h2-3,6H,1,4-5,7H2,(H,15,17). The van der Waals surface area contributed by atoms with Crippen molar-refractivity contribution in [2.24, 2.45) is 0 Å². The minimum atomic E-state index is -0.486. The molecule has 0 unspecified atom stereocenters. The number of carbonyl (C=O) groups excluding carboxylic acids is 2. The van der Waals surface area contributed by atoms with Gasteiger partial charge in [-0.05, 0) is 40.5 Å². The van der Waals surface area contributed by atoms with E-state index in [1.165, 1.54) is 23.1 Å². The lowest BCUT2D eigenvalue weighted by atomic mass is 10.2. The van der Waals surface area contributed by atoms with Crippen LogP contribution in [0, 0.1) is 5.82 Å². The quantitative estimate of drug-likeness (QED) is 0.855. The summed E-state index contributed by atoms with van der Waals surface area (Å²) in [4.78, 5) is 24.9. The summed E-state index contributed by atoms with van der Waals surface area (Å²) in [6, 6.07) is 4.20. The van der Waals surface area contributed by atoms with Crippen molar-refractivity contribution in [1.82, 2.24) is 10.2 Å². The number of hydrogen-bond acceptors (Lipinski definition) is 2. The lowest BCUT2D eigenvalue weighted by molar-refractivity contribution is -0.121. The lowest BCUT2D eigenvalue weighted by Gasteiger charge is -2.19. The maximum Gasteiger partial charge on any atom is 0.254 e. The molecule has 1 aromatic rings. The number of carbonyl (C=O) groups is 2. The third-order valence-electron chi connectivity index (χ3n) is 2.72. The first-order chi connectivity index (χ1) is 8.58. The molecule has 0 atom stereocenters. The molecule has 1 aromatic carbocycles. The van der Waals surface area contributed by atoms with Gasteiger partial charge in [0.2, 0.25) is 5.91 Å². The first-order valence-electron chi connectivity index (χ1n) is 5.59. The van der Waals surface area contributed by atoms with Gasteiger partial charge in [-0.2, -0.15) is 0 Å². The van der Waals surface area contributed by atoms with Gasteiger partial charge < -0.3 is 10.2 Å². The molecule has 2 rings (SSSR count). The maximum atomic E-state index is 13.4. The average molecular weight is 315 g/mol. The molecule has 2 amide bonds. The van der Waals surface area contributed by atoms with Crippen molar-refractivity contribution in [2.75, 3.05) is 19.6 Å². The molecular weight excluding hydrogens is 303 g/mol. The highest BCUT2D eigenvalue weighted by atomic mass is 79.9. The van der Waals surface area contributed by atoms with Crippen LogP contribution in [0.4, 0.5) is 4.39 Å². The van der Waals surface area contributed by atoms with E-state index < -0.39 is 5.82 Å². The molecule has 1 saturated heterocycles. The lowest BCUT2D eigenvalue weighted by Crippen LogP contribution is -2.37. The third-order valence-corrected chi connectivity index (χ3v) is 3.36. The minimum Gasteiger partial charge on any atom is -0.354 e. The zero-order chi connectivity index (χ0) is 13.1. The molecule has 1 N–H and O–H groups in total. The van der Waals surface area contributed by atoms with E-state index in [2.05, 4.69) is 21.2 Å². The number of halogens is 2. The Bertz CT molecular complexity index is 493. The zero-order valence-corrected chi connectivity index (χ0v) is 11.2. The fraction of sp³-hybridized carbons (Fsp3) is 0.333. The summed E-state index contributed by atoms with van der Waals surface area (Å²) in [7, 11) is 0.